The molecule has 3 rings (SSSR count). The van der Waals surface area contributed by atoms with Gasteiger partial charge >= 0.3 is 0 Å². The average molecular weight is 377 g/mol. The molecule has 0 atom stereocenters. The van der Waals surface area contributed by atoms with Crippen LogP contribution in [0.2, 0.25) is 10.4 Å². The Morgan fingerprint density at radius 2 is 1.36 bits per heavy atom. The molecule has 0 aliphatic heterocycles. The molecule has 25 heavy (non-hydrogen) atoms. The molecule has 7 heteroatoms. The summed E-state index contributed by atoms with van der Waals surface area (Å²) in [4.78, 5) is 7.65. The van der Waals surface area contributed by atoms with E-state index in [0.717, 1.165) is 11.5 Å². The van der Waals surface area contributed by atoms with Crippen LogP contribution < -0.4 is 14.2 Å². The summed E-state index contributed by atoms with van der Waals surface area (Å²) in [6.45, 7) is 0.643. The maximum absolute atomic E-state index is 5.77. The summed E-state index contributed by atoms with van der Waals surface area (Å²) in [6.07, 6.45) is 0. The number of para-hydroxylation sites is 1. The first-order valence-corrected chi connectivity index (χ1v) is 8.23. The summed E-state index contributed by atoms with van der Waals surface area (Å²) >= 11 is 11.5. The van der Waals surface area contributed by atoms with Crippen LogP contribution in [0.15, 0.2) is 60.7 Å². The van der Waals surface area contributed by atoms with E-state index in [4.69, 9.17) is 37.4 Å². The van der Waals surface area contributed by atoms with Gasteiger partial charge < -0.3 is 14.2 Å². The van der Waals surface area contributed by atoms with Gasteiger partial charge in [0.2, 0.25) is 11.2 Å². The highest BCUT2D eigenvalue weighted by atomic mass is 35.5. The zero-order chi connectivity index (χ0) is 17.5. The van der Waals surface area contributed by atoms with Gasteiger partial charge in [0.05, 0.1) is 0 Å². The third kappa shape index (κ3) is 5.52. The molecule has 0 amide bonds. The maximum atomic E-state index is 5.77. The number of aromatic nitrogens is 2. The molecule has 0 bridgehead atoms. The van der Waals surface area contributed by atoms with Gasteiger partial charge in [-0.2, -0.15) is 4.98 Å². The number of rotatable bonds is 7. The van der Waals surface area contributed by atoms with Crippen molar-refractivity contribution in [1.82, 2.24) is 9.97 Å². The molecule has 0 saturated carbocycles. The first-order chi connectivity index (χ1) is 12.2. The lowest BCUT2D eigenvalue weighted by Crippen LogP contribution is -2.09. The third-order valence-corrected chi connectivity index (χ3v) is 3.41. The fourth-order valence-electron chi connectivity index (χ4n) is 1.98. The molecule has 0 unspecified atom stereocenters. The number of ether oxygens (including phenoxy) is 3. The van der Waals surface area contributed by atoms with Crippen molar-refractivity contribution in [2.75, 3.05) is 13.2 Å². The Morgan fingerprint density at radius 3 is 2.08 bits per heavy atom. The second-order valence-corrected chi connectivity index (χ2v) is 5.61. The second-order valence-electron chi connectivity index (χ2n) is 4.88. The molecular weight excluding hydrogens is 363 g/mol. The summed E-state index contributed by atoms with van der Waals surface area (Å²) in [6, 6.07) is 18.4. The number of benzene rings is 2. The first-order valence-electron chi connectivity index (χ1n) is 7.48. The Bertz CT molecular complexity index is 794. The van der Waals surface area contributed by atoms with Crippen molar-refractivity contribution in [1.29, 1.82) is 0 Å². The smallest absolute Gasteiger partial charge is 0.227 e. The quantitative estimate of drug-likeness (QED) is 0.328. The van der Waals surface area contributed by atoms with Gasteiger partial charge in [0.15, 0.2) is 0 Å². The van der Waals surface area contributed by atoms with Crippen LogP contribution >= 0.6 is 23.2 Å². The molecule has 0 spiro atoms. The molecule has 0 saturated heterocycles. The SMILES string of the molecule is Clc1cc(OCCOc2ccc(Oc3ccccc3)cc2)nc(Cl)n1. The molecule has 1 aromatic heterocycles. The fraction of sp³-hybridized carbons (Fsp3) is 0.111. The van der Waals surface area contributed by atoms with Crippen LogP contribution in [0.3, 0.4) is 0 Å². The van der Waals surface area contributed by atoms with Crippen molar-refractivity contribution in [2.24, 2.45) is 0 Å². The van der Waals surface area contributed by atoms with E-state index in [1.165, 1.54) is 6.07 Å². The Kier molecular flexibility index (Phi) is 5.93. The Hall–Kier alpha value is -2.50. The molecule has 0 radical (unpaired) electrons. The highest BCUT2D eigenvalue weighted by Crippen LogP contribution is 2.23. The molecule has 2 aromatic carbocycles. The summed E-state index contributed by atoms with van der Waals surface area (Å²) in [5, 5.41) is 0.266. The number of nitrogens with zero attached hydrogens (tertiary/aromatic N) is 2. The van der Waals surface area contributed by atoms with Crippen molar-refractivity contribution in [2.45, 2.75) is 0 Å². The first kappa shape index (κ1) is 17.3. The van der Waals surface area contributed by atoms with Gasteiger partial charge in [-0.1, -0.05) is 29.8 Å². The maximum Gasteiger partial charge on any atom is 0.227 e. The van der Waals surface area contributed by atoms with Gasteiger partial charge in [0.1, 0.15) is 35.6 Å². The van der Waals surface area contributed by atoms with Crippen LogP contribution in [0.4, 0.5) is 0 Å². The average Bonchev–Trinajstić information content (AvgIpc) is 2.60. The number of hydrogen-bond donors (Lipinski definition) is 0. The molecule has 0 fully saturated rings. The Labute approximate surface area is 155 Å². The Balaban J connectivity index is 1.45. The van der Waals surface area contributed by atoms with Crippen molar-refractivity contribution >= 4 is 23.2 Å². The zero-order valence-corrected chi connectivity index (χ0v) is 14.6. The highest BCUT2D eigenvalue weighted by Gasteiger charge is 2.03. The lowest BCUT2D eigenvalue weighted by Gasteiger charge is -2.09. The van der Waals surface area contributed by atoms with Gasteiger partial charge in [-0.3, -0.25) is 0 Å². The van der Waals surface area contributed by atoms with Gasteiger partial charge in [0, 0.05) is 6.07 Å². The van der Waals surface area contributed by atoms with E-state index in [9.17, 15) is 0 Å². The zero-order valence-electron chi connectivity index (χ0n) is 13.1. The summed E-state index contributed by atoms with van der Waals surface area (Å²) in [5.41, 5.74) is 0. The fourth-order valence-corrected chi connectivity index (χ4v) is 2.37. The van der Waals surface area contributed by atoms with Crippen LogP contribution in [0, 0.1) is 0 Å². The van der Waals surface area contributed by atoms with Gasteiger partial charge in [-0.25, -0.2) is 4.98 Å². The lowest BCUT2D eigenvalue weighted by molar-refractivity contribution is 0.211. The molecule has 0 N–H and O–H groups in total. The molecule has 1 heterocycles. The van der Waals surface area contributed by atoms with Gasteiger partial charge in [-0.15, -0.1) is 0 Å². The Morgan fingerprint density at radius 1 is 0.720 bits per heavy atom. The molecule has 3 aromatic rings. The van der Waals surface area contributed by atoms with E-state index in [0.29, 0.717) is 24.8 Å². The number of hydrogen-bond acceptors (Lipinski definition) is 5. The van der Waals surface area contributed by atoms with Crippen LogP contribution in [0.5, 0.6) is 23.1 Å². The monoisotopic (exact) mass is 376 g/mol. The molecule has 0 aliphatic carbocycles. The van der Waals surface area contributed by atoms with E-state index >= 15 is 0 Å². The summed E-state index contributed by atoms with van der Waals surface area (Å²) in [5.74, 6) is 2.54. The van der Waals surface area contributed by atoms with E-state index in [1.807, 2.05) is 54.6 Å². The van der Waals surface area contributed by atoms with Crippen molar-refractivity contribution in [3.05, 3.63) is 71.1 Å². The van der Waals surface area contributed by atoms with Crippen LogP contribution in [-0.4, -0.2) is 23.2 Å². The molecule has 5 nitrogen and oxygen atoms in total. The van der Waals surface area contributed by atoms with E-state index in [1.54, 1.807) is 0 Å². The van der Waals surface area contributed by atoms with Crippen molar-refractivity contribution in [3.63, 3.8) is 0 Å². The highest BCUT2D eigenvalue weighted by molar-refractivity contribution is 6.31. The lowest BCUT2D eigenvalue weighted by atomic mass is 10.3. The van der Waals surface area contributed by atoms with Crippen LogP contribution in [0.1, 0.15) is 0 Å². The second kappa shape index (κ2) is 8.55. The normalized spacial score (nSPS) is 10.3. The summed E-state index contributed by atoms with van der Waals surface area (Å²) < 4.78 is 16.7. The molecule has 128 valence electrons. The summed E-state index contributed by atoms with van der Waals surface area (Å²) in [7, 11) is 0. The van der Waals surface area contributed by atoms with Crippen LogP contribution in [-0.2, 0) is 0 Å². The predicted octanol–water partition coefficient (Wildman–Crippen LogP) is 5.03. The largest absolute Gasteiger partial charge is 0.490 e. The third-order valence-electron chi connectivity index (χ3n) is 3.05. The van der Waals surface area contributed by atoms with E-state index in [-0.39, 0.29) is 10.4 Å². The minimum absolute atomic E-state index is 0.0393. The van der Waals surface area contributed by atoms with Crippen molar-refractivity contribution in [3.8, 4) is 23.1 Å². The van der Waals surface area contributed by atoms with Crippen LogP contribution in [0.25, 0.3) is 0 Å². The molecule has 0 aliphatic rings. The molecular formula is C18H14Cl2N2O3. The van der Waals surface area contributed by atoms with Crippen molar-refractivity contribution < 1.29 is 14.2 Å². The van der Waals surface area contributed by atoms with E-state index in [2.05, 4.69) is 9.97 Å². The standard InChI is InChI=1S/C18H14Cl2N2O3/c19-16-12-17(22-18(20)21-16)24-11-10-23-13-6-8-15(9-7-13)25-14-4-2-1-3-5-14/h1-9,12H,10-11H2. The minimum Gasteiger partial charge on any atom is -0.490 e. The number of halogens is 2. The predicted molar refractivity (Wildman–Crippen MR) is 96.0 cm³/mol. The van der Waals surface area contributed by atoms with Gasteiger partial charge in [-0.05, 0) is 48.0 Å². The minimum atomic E-state index is 0.0393. The van der Waals surface area contributed by atoms with Gasteiger partial charge in [0.25, 0.3) is 0 Å². The van der Waals surface area contributed by atoms with E-state index < -0.39 is 0 Å². The topological polar surface area (TPSA) is 53.5 Å².